The first-order valence-electron chi connectivity index (χ1n) is 6.89. The number of Topliss-reactive ketones (excluding diaryl/α,β-unsaturated/α-hetero) is 1. The summed E-state index contributed by atoms with van der Waals surface area (Å²) in [6, 6.07) is 19.6. The second-order valence-corrected chi connectivity index (χ2v) is 5.24. The summed E-state index contributed by atoms with van der Waals surface area (Å²) in [4.78, 5) is 12.4. The number of hydrogen-bond acceptors (Lipinski definition) is 2. The summed E-state index contributed by atoms with van der Waals surface area (Å²) in [6.07, 6.45) is 1.97. The molecule has 0 aliphatic rings. The number of ketones is 1. The lowest BCUT2D eigenvalue weighted by Gasteiger charge is -2.05. The Kier molecular flexibility index (Phi) is 4.02. The molecule has 0 amide bonds. The fraction of sp³-hybridized carbons (Fsp3) is 0.111. The number of rotatable bonds is 4. The summed E-state index contributed by atoms with van der Waals surface area (Å²) in [5, 5.41) is 2.32. The Bertz CT molecular complexity index is 784. The molecular formula is C18H16NOS+. The molecule has 0 radical (unpaired) electrons. The standard InChI is InChI=1S/C18H15NOS/c20-18(15-7-2-1-3-8-15)12-19-11-10-14-6-4-5-9-16(14)17(19)13-21/h1-11H,12-13H2/p+1. The third kappa shape index (κ3) is 2.83. The Hall–Kier alpha value is -2.13. The van der Waals surface area contributed by atoms with Crippen LogP contribution < -0.4 is 4.57 Å². The number of pyridine rings is 1. The minimum atomic E-state index is 0.110. The predicted molar refractivity (Wildman–Crippen MR) is 87.6 cm³/mol. The number of carbonyl (C=O) groups excluding carboxylic acids is 1. The van der Waals surface area contributed by atoms with E-state index >= 15 is 0 Å². The molecule has 2 aromatic carbocycles. The van der Waals surface area contributed by atoms with Crippen LogP contribution in [-0.2, 0) is 12.3 Å². The van der Waals surface area contributed by atoms with Crippen molar-refractivity contribution in [2.45, 2.75) is 12.3 Å². The Morgan fingerprint density at radius 2 is 1.67 bits per heavy atom. The van der Waals surface area contributed by atoms with Crippen LogP contribution in [0, 0.1) is 0 Å². The van der Waals surface area contributed by atoms with Gasteiger partial charge in [-0.05, 0) is 11.5 Å². The maximum Gasteiger partial charge on any atom is 0.227 e. The van der Waals surface area contributed by atoms with Crippen molar-refractivity contribution in [1.29, 1.82) is 0 Å². The summed E-state index contributed by atoms with van der Waals surface area (Å²) >= 11 is 4.43. The van der Waals surface area contributed by atoms with Crippen molar-refractivity contribution in [3.05, 3.63) is 78.1 Å². The Balaban J connectivity index is 1.99. The van der Waals surface area contributed by atoms with Gasteiger partial charge in [0.15, 0.2) is 11.9 Å². The SMILES string of the molecule is O=C(C[n+]1ccc2ccccc2c1CS)c1ccccc1. The third-order valence-corrected chi connectivity index (χ3v) is 3.91. The van der Waals surface area contributed by atoms with E-state index in [1.54, 1.807) is 0 Å². The Morgan fingerprint density at radius 1 is 0.952 bits per heavy atom. The van der Waals surface area contributed by atoms with Gasteiger partial charge >= 0.3 is 0 Å². The first-order valence-corrected chi connectivity index (χ1v) is 7.52. The van der Waals surface area contributed by atoms with Gasteiger partial charge in [0.05, 0.1) is 5.75 Å². The zero-order valence-electron chi connectivity index (χ0n) is 11.6. The summed E-state index contributed by atoms with van der Waals surface area (Å²) in [5.74, 6) is 0.711. The normalized spacial score (nSPS) is 10.7. The predicted octanol–water partition coefficient (Wildman–Crippen LogP) is 3.44. The van der Waals surface area contributed by atoms with Gasteiger partial charge in [0.1, 0.15) is 0 Å². The largest absolute Gasteiger partial charge is 0.287 e. The van der Waals surface area contributed by atoms with Gasteiger partial charge in [0.2, 0.25) is 12.3 Å². The van der Waals surface area contributed by atoms with E-state index in [9.17, 15) is 4.79 Å². The minimum Gasteiger partial charge on any atom is -0.287 e. The van der Waals surface area contributed by atoms with Gasteiger partial charge in [-0.2, -0.15) is 17.2 Å². The van der Waals surface area contributed by atoms with Gasteiger partial charge in [0.25, 0.3) is 0 Å². The van der Waals surface area contributed by atoms with E-state index in [-0.39, 0.29) is 5.78 Å². The molecule has 0 aliphatic heterocycles. The Morgan fingerprint density at radius 3 is 2.43 bits per heavy atom. The number of carbonyl (C=O) groups is 1. The van der Waals surface area contributed by atoms with Crippen LogP contribution >= 0.6 is 12.6 Å². The lowest BCUT2D eigenvalue weighted by molar-refractivity contribution is -0.688. The van der Waals surface area contributed by atoms with Crippen LogP contribution in [0.25, 0.3) is 10.8 Å². The van der Waals surface area contributed by atoms with E-state index in [4.69, 9.17) is 0 Å². The van der Waals surface area contributed by atoms with Crippen molar-refractivity contribution in [3.63, 3.8) is 0 Å². The molecule has 3 rings (SSSR count). The second-order valence-electron chi connectivity index (χ2n) is 4.92. The van der Waals surface area contributed by atoms with Gasteiger partial charge in [0, 0.05) is 17.0 Å². The number of thiol groups is 1. The molecule has 3 heteroatoms. The van der Waals surface area contributed by atoms with Gasteiger partial charge < -0.3 is 0 Å². The third-order valence-electron chi connectivity index (χ3n) is 3.61. The van der Waals surface area contributed by atoms with Gasteiger partial charge in [-0.1, -0.05) is 48.5 Å². The van der Waals surface area contributed by atoms with Crippen LogP contribution in [-0.4, -0.2) is 5.78 Å². The highest BCUT2D eigenvalue weighted by Crippen LogP contribution is 2.16. The molecule has 2 nitrogen and oxygen atoms in total. The molecule has 0 N–H and O–H groups in total. The molecule has 0 spiro atoms. The van der Waals surface area contributed by atoms with Crippen molar-refractivity contribution in [2.24, 2.45) is 0 Å². The number of nitrogens with zero attached hydrogens (tertiary/aromatic N) is 1. The first-order chi connectivity index (χ1) is 10.3. The quantitative estimate of drug-likeness (QED) is 0.444. The van der Waals surface area contributed by atoms with Crippen molar-refractivity contribution in [1.82, 2.24) is 0 Å². The number of fused-ring (bicyclic) bond motifs is 1. The fourth-order valence-electron chi connectivity index (χ4n) is 2.51. The van der Waals surface area contributed by atoms with Crippen LogP contribution in [0.4, 0.5) is 0 Å². The van der Waals surface area contributed by atoms with Crippen molar-refractivity contribution < 1.29 is 9.36 Å². The molecular weight excluding hydrogens is 278 g/mol. The monoisotopic (exact) mass is 294 g/mol. The highest BCUT2D eigenvalue weighted by Gasteiger charge is 2.18. The highest BCUT2D eigenvalue weighted by molar-refractivity contribution is 7.79. The van der Waals surface area contributed by atoms with Crippen LogP contribution in [0.5, 0.6) is 0 Å². The average molecular weight is 294 g/mol. The molecule has 0 fully saturated rings. The zero-order valence-corrected chi connectivity index (χ0v) is 12.5. The summed E-state index contributed by atoms with van der Waals surface area (Å²) in [5.41, 5.74) is 1.81. The maximum atomic E-state index is 12.4. The summed E-state index contributed by atoms with van der Waals surface area (Å²) in [6.45, 7) is 0.338. The van der Waals surface area contributed by atoms with Gasteiger partial charge in [-0.25, -0.2) is 0 Å². The molecule has 0 bridgehead atoms. The number of benzene rings is 2. The molecule has 0 unspecified atom stereocenters. The molecule has 21 heavy (non-hydrogen) atoms. The average Bonchev–Trinajstić information content (AvgIpc) is 2.55. The van der Waals surface area contributed by atoms with E-state index in [0.29, 0.717) is 12.3 Å². The van der Waals surface area contributed by atoms with Gasteiger partial charge in [-0.15, -0.1) is 0 Å². The highest BCUT2D eigenvalue weighted by atomic mass is 32.1. The topological polar surface area (TPSA) is 20.9 Å². The van der Waals surface area contributed by atoms with Crippen molar-refractivity contribution in [3.8, 4) is 0 Å². The molecule has 1 aromatic heterocycles. The molecule has 0 atom stereocenters. The summed E-state index contributed by atoms with van der Waals surface area (Å²) in [7, 11) is 0. The van der Waals surface area contributed by atoms with Crippen LogP contribution in [0.15, 0.2) is 66.9 Å². The smallest absolute Gasteiger partial charge is 0.227 e. The van der Waals surface area contributed by atoms with E-state index in [1.165, 1.54) is 5.39 Å². The molecule has 0 saturated heterocycles. The van der Waals surface area contributed by atoms with E-state index < -0.39 is 0 Å². The van der Waals surface area contributed by atoms with Crippen LogP contribution in [0.2, 0.25) is 0 Å². The zero-order chi connectivity index (χ0) is 14.7. The van der Waals surface area contributed by atoms with E-state index in [1.807, 2.05) is 59.3 Å². The molecule has 3 aromatic rings. The molecule has 0 saturated carbocycles. The lowest BCUT2D eigenvalue weighted by atomic mass is 10.1. The number of aromatic nitrogens is 1. The fourth-order valence-corrected chi connectivity index (χ4v) is 2.87. The van der Waals surface area contributed by atoms with Crippen LogP contribution in [0.3, 0.4) is 0 Å². The Labute approximate surface area is 129 Å². The molecule has 1 heterocycles. The van der Waals surface area contributed by atoms with Crippen molar-refractivity contribution >= 4 is 29.2 Å². The van der Waals surface area contributed by atoms with Crippen LogP contribution in [0.1, 0.15) is 16.1 Å². The maximum absolute atomic E-state index is 12.4. The van der Waals surface area contributed by atoms with E-state index in [0.717, 1.165) is 16.6 Å². The number of hydrogen-bond donors (Lipinski definition) is 1. The van der Waals surface area contributed by atoms with E-state index in [2.05, 4.69) is 24.8 Å². The van der Waals surface area contributed by atoms with Gasteiger partial charge in [-0.3, -0.25) is 4.79 Å². The van der Waals surface area contributed by atoms with Crippen molar-refractivity contribution in [2.75, 3.05) is 0 Å². The summed E-state index contributed by atoms with van der Waals surface area (Å²) < 4.78 is 1.99. The lowest BCUT2D eigenvalue weighted by Crippen LogP contribution is -2.41. The minimum absolute atomic E-state index is 0.110. The molecule has 0 aliphatic carbocycles. The first kappa shape index (κ1) is 13.8. The molecule has 104 valence electrons. The second kappa shape index (κ2) is 6.10.